The van der Waals surface area contributed by atoms with Crippen LogP contribution in [0.2, 0.25) is 5.02 Å². The molecule has 4 heterocycles. The second-order valence-electron chi connectivity index (χ2n) is 9.35. The molecule has 1 aromatic carbocycles. The Hall–Kier alpha value is -2.47. The number of hydrogen-bond donors (Lipinski definition) is 2. The molecule has 3 unspecified atom stereocenters. The molecule has 0 amide bonds. The van der Waals surface area contributed by atoms with Gasteiger partial charge in [-0.3, -0.25) is 0 Å². The molecule has 2 fully saturated rings. The van der Waals surface area contributed by atoms with Crippen molar-refractivity contribution in [1.82, 2.24) is 15.0 Å². The van der Waals surface area contributed by atoms with Crippen molar-refractivity contribution in [3.8, 4) is 23.0 Å². The summed E-state index contributed by atoms with van der Waals surface area (Å²) in [4.78, 5) is 11.9. The molecule has 2 N–H and O–H groups in total. The number of nitrogens with zero attached hydrogens (tertiary/aromatic N) is 2. The lowest BCUT2D eigenvalue weighted by Gasteiger charge is -2.32. The Morgan fingerprint density at radius 2 is 1.97 bits per heavy atom. The smallest absolute Gasteiger partial charge is 0.296 e. The summed E-state index contributed by atoms with van der Waals surface area (Å²) < 4.78 is 55.6. The number of fused-ring (bicyclic) bond motifs is 1. The highest BCUT2D eigenvalue weighted by Crippen LogP contribution is 2.33. The van der Waals surface area contributed by atoms with Gasteiger partial charge in [0.25, 0.3) is 6.01 Å². The zero-order chi connectivity index (χ0) is 25.4. The van der Waals surface area contributed by atoms with Crippen LogP contribution in [0.15, 0.2) is 24.3 Å². The molecule has 3 atom stereocenters. The van der Waals surface area contributed by atoms with Crippen molar-refractivity contribution in [3.05, 3.63) is 35.1 Å². The molecular formula is C24H27ClFN3O6S. The summed E-state index contributed by atoms with van der Waals surface area (Å²) in [5.74, 6) is 0.0362. The number of aromatic amines is 1. The molecule has 2 aliphatic rings. The standard InChI is InChI=1S/C24H27ClFN3O6S/c1-13-8-16(12-33-21(13)11-30)35-24-27-20-10-18(25)22(28-23(20)29-24)17-3-2-15(9-19(17)26)34-14-4-6-36(31,32)7-5-14/h2-3,9-10,13-14,16,21,30H,4-8,11-12H2,1H3,(H,27,28,29). The van der Waals surface area contributed by atoms with E-state index in [0.29, 0.717) is 42.8 Å². The van der Waals surface area contributed by atoms with E-state index in [1.54, 1.807) is 12.1 Å². The third kappa shape index (κ3) is 5.44. The highest BCUT2D eigenvalue weighted by molar-refractivity contribution is 7.91. The van der Waals surface area contributed by atoms with E-state index in [1.807, 2.05) is 6.92 Å². The van der Waals surface area contributed by atoms with E-state index in [-0.39, 0.29) is 64.6 Å². The SMILES string of the molecule is CC1CC(Oc2nc3nc(-c4ccc(OC5CCS(=O)(=O)CC5)cc4F)c(Cl)cc3[nH]2)COC1CO. The number of aliphatic hydroxyl groups excluding tert-OH is 1. The van der Waals surface area contributed by atoms with Gasteiger partial charge in [0.15, 0.2) is 15.5 Å². The first-order valence-corrected chi connectivity index (χ1v) is 14.0. The Morgan fingerprint density at radius 3 is 2.67 bits per heavy atom. The molecule has 0 radical (unpaired) electrons. The summed E-state index contributed by atoms with van der Waals surface area (Å²) in [6.45, 7) is 2.30. The molecule has 2 aliphatic heterocycles. The second kappa shape index (κ2) is 10.1. The zero-order valence-corrected chi connectivity index (χ0v) is 21.2. The number of hydrogen-bond acceptors (Lipinski definition) is 8. The summed E-state index contributed by atoms with van der Waals surface area (Å²) >= 11 is 6.43. The van der Waals surface area contributed by atoms with Crippen LogP contribution >= 0.6 is 11.6 Å². The van der Waals surface area contributed by atoms with Crippen molar-refractivity contribution < 1.29 is 32.1 Å². The maximum atomic E-state index is 15.0. The van der Waals surface area contributed by atoms with Gasteiger partial charge in [0.1, 0.15) is 23.8 Å². The molecular weight excluding hydrogens is 513 g/mol. The third-order valence-corrected chi connectivity index (χ3v) is 8.63. The average molecular weight is 540 g/mol. The minimum atomic E-state index is -3.00. The predicted molar refractivity (Wildman–Crippen MR) is 132 cm³/mol. The van der Waals surface area contributed by atoms with Crippen LogP contribution in [0.3, 0.4) is 0 Å². The molecule has 2 saturated heterocycles. The van der Waals surface area contributed by atoms with Gasteiger partial charge in [-0.05, 0) is 43.4 Å². The third-order valence-electron chi connectivity index (χ3n) is 6.63. The van der Waals surface area contributed by atoms with Gasteiger partial charge in [-0.15, -0.1) is 0 Å². The summed E-state index contributed by atoms with van der Waals surface area (Å²) in [7, 11) is -3.00. The van der Waals surface area contributed by atoms with Crippen LogP contribution in [0.1, 0.15) is 26.2 Å². The summed E-state index contributed by atoms with van der Waals surface area (Å²) in [6.07, 6.45) is 0.770. The first-order valence-electron chi connectivity index (χ1n) is 11.8. The number of nitrogens with one attached hydrogen (secondary N) is 1. The van der Waals surface area contributed by atoms with E-state index in [0.717, 1.165) is 0 Å². The van der Waals surface area contributed by atoms with Crippen LogP contribution in [0.25, 0.3) is 22.4 Å². The first-order chi connectivity index (χ1) is 17.2. The fraction of sp³-hybridized carbons (Fsp3) is 0.500. The van der Waals surface area contributed by atoms with Crippen molar-refractivity contribution in [3.63, 3.8) is 0 Å². The van der Waals surface area contributed by atoms with Gasteiger partial charge in [-0.1, -0.05) is 18.5 Å². The number of rotatable bonds is 6. The Balaban J connectivity index is 1.31. The topological polar surface area (TPSA) is 124 Å². The molecule has 0 saturated carbocycles. The van der Waals surface area contributed by atoms with E-state index >= 15 is 4.39 Å². The lowest BCUT2D eigenvalue weighted by Crippen LogP contribution is -2.40. The number of imidazole rings is 1. The predicted octanol–water partition coefficient (Wildman–Crippen LogP) is 3.54. The van der Waals surface area contributed by atoms with Crippen LogP contribution in [0.5, 0.6) is 11.8 Å². The van der Waals surface area contributed by atoms with Crippen LogP contribution < -0.4 is 9.47 Å². The highest BCUT2D eigenvalue weighted by atomic mass is 35.5. The van der Waals surface area contributed by atoms with Crippen molar-refractivity contribution in [2.45, 2.75) is 44.5 Å². The van der Waals surface area contributed by atoms with Crippen molar-refractivity contribution in [2.24, 2.45) is 5.92 Å². The number of halogens is 2. The van der Waals surface area contributed by atoms with Crippen molar-refractivity contribution in [2.75, 3.05) is 24.7 Å². The fourth-order valence-electron chi connectivity index (χ4n) is 4.58. The first kappa shape index (κ1) is 25.2. The van der Waals surface area contributed by atoms with Crippen LogP contribution in [-0.2, 0) is 14.6 Å². The molecule has 5 rings (SSSR count). The summed E-state index contributed by atoms with van der Waals surface area (Å²) in [5.41, 5.74) is 1.29. The van der Waals surface area contributed by atoms with Gasteiger partial charge in [0, 0.05) is 11.6 Å². The molecule has 0 bridgehead atoms. The maximum absolute atomic E-state index is 15.0. The largest absolute Gasteiger partial charge is 0.490 e. The van der Waals surface area contributed by atoms with E-state index in [2.05, 4.69) is 15.0 Å². The van der Waals surface area contributed by atoms with Gasteiger partial charge in [-0.25, -0.2) is 17.8 Å². The molecule has 2 aromatic heterocycles. The quantitative estimate of drug-likeness (QED) is 0.487. The number of H-pyrrole nitrogens is 1. The van der Waals surface area contributed by atoms with Crippen molar-refractivity contribution >= 4 is 32.6 Å². The van der Waals surface area contributed by atoms with E-state index < -0.39 is 15.7 Å². The average Bonchev–Trinajstić information content (AvgIpc) is 3.21. The molecule has 12 heteroatoms. The lowest BCUT2D eigenvalue weighted by atomic mass is 9.95. The Kier molecular flexibility index (Phi) is 7.08. The highest BCUT2D eigenvalue weighted by Gasteiger charge is 2.30. The Morgan fingerprint density at radius 1 is 1.19 bits per heavy atom. The van der Waals surface area contributed by atoms with Crippen LogP contribution in [-0.4, -0.2) is 71.5 Å². The van der Waals surface area contributed by atoms with Crippen molar-refractivity contribution in [1.29, 1.82) is 0 Å². The zero-order valence-electron chi connectivity index (χ0n) is 19.6. The van der Waals surface area contributed by atoms with Crippen LogP contribution in [0, 0.1) is 11.7 Å². The van der Waals surface area contributed by atoms with Gasteiger partial charge in [-0.2, -0.15) is 4.98 Å². The minimum Gasteiger partial charge on any atom is -0.490 e. The number of aliphatic hydroxyl groups is 1. The second-order valence-corrected chi connectivity index (χ2v) is 12.1. The van der Waals surface area contributed by atoms with Crippen LogP contribution in [0.4, 0.5) is 4.39 Å². The van der Waals surface area contributed by atoms with E-state index in [4.69, 9.17) is 25.8 Å². The van der Waals surface area contributed by atoms with E-state index in [9.17, 15) is 13.5 Å². The number of pyridine rings is 1. The number of ether oxygens (including phenoxy) is 3. The minimum absolute atomic E-state index is 0.0295. The molecule has 0 spiro atoms. The number of aromatic nitrogens is 3. The van der Waals surface area contributed by atoms with E-state index in [1.165, 1.54) is 12.1 Å². The summed E-state index contributed by atoms with van der Waals surface area (Å²) in [6, 6.07) is 6.28. The fourth-order valence-corrected chi connectivity index (χ4v) is 6.28. The molecule has 0 aliphatic carbocycles. The maximum Gasteiger partial charge on any atom is 0.296 e. The number of sulfone groups is 1. The lowest BCUT2D eigenvalue weighted by molar-refractivity contribution is -0.0958. The monoisotopic (exact) mass is 539 g/mol. The Bertz CT molecular complexity index is 1350. The molecule has 3 aromatic rings. The molecule has 194 valence electrons. The normalized spacial score (nSPS) is 24.6. The van der Waals surface area contributed by atoms with Gasteiger partial charge < -0.3 is 24.3 Å². The van der Waals surface area contributed by atoms with Gasteiger partial charge >= 0.3 is 0 Å². The Labute approximate surface area is 212 Å². The molecule has 36 heavy (non-hydrogen) atoms. The van der Waals surface area contributed by atoms with Gasteiger partial charge in [0.05, 0.1) is 47.1 Å². The summed E-state index contributed by atoms with van der Waals surface area (Å²) in [5, 5.41) is 9.58. The number of benzene rings is 1. The van der Waals surface area contributed by atoms with Gasteiger partial charge in [0.2, 0.25) is 0 Å². The molecule has 9 nitrogen and oxygen atoms in total.